The molecular formula is C16H15N3O2. The molecule has 5 heteroatoms. The zero-order valence-electron chi connectivity index (χ0n) is 12.1. The third kappa shape index (κ3) is 2.63. The molecule has 0 aliphatic carbocycles. The molecule has 2 heterocycles. The van der Waals surface area contributed by atoms with Crippen LogP contribution in [0, 0.1) is 13.8 Å². The Labute approximate surface area is 122 Å². The molecule has 1 aromatic carbocycles. The molecule has 0 unspecified atom stereocenters. The van der Waals surface area contributed by atoms with Gasteiger partial charge in [-0.3, -0.25) is 0 Å². The van der Waals surface area contributed by atoms with E-state index in [1.807, 2.05) is 24.3 Å². The third-order valence-electron chi connectivity index (χ3n) is 3.17. The zero-order valence-corrected chi connectivity index (χ0v) is 12.1. The Morgan fingerprint density at radius 3 is 2.33 bits per heavy atom. The monoisotopic (exact) mass is 281 g/mol. The fourth-order valence-electron chi connectivity index (χ4n) is 2.06. The number of rotatable bonds is 3. The molecule has 3 rings (SSSR count). The molecule has 0 saturated heterocycles. The van der Waals surface area contributed by atoms with Crippen LogP contribution in [0.5, 0.6) is 5.88 Å². The Hall–Kier alpha value is -2.69. The summed E-state index contributed by atoms with van der Waals surface area (Å²) in [6.45, 7) is 3.80. The van der Waals surface area contributed by atoms with Crippen LogP contribution >= 0.6 is 0 Å². The van der Waals surface area contributed by atoms with Gasteiger partial charge in [0.25, 0.3) is 0 Å². The summed E-state index contributed by atoms with van der Waals surface area (Å²) in [7, 11) is 1.58. The summed E-state index contributed by atoms with van der Waals surface area (Å²) in [6, 6.07) is 12.0. The number of benzene rings is 1. The predicted octanol–water partition coefficient (Wildman–Crippen LogP) is 3.42. The van der Waals surface area contributed by atoms with Crippen LogP contribution in [0.15, 0.2) is 40.9 Å². The zero-order chi connectivity index (χ0) is 14.8. The number of hydrogen-bond acceptors (Lipinski definition) is 5. The second-order valence-electron chi connectivity index (χ2n) is 4.76. The summed E-state index contributed by atoms with van der Waals surface area (Å²) in [5, 5.41) is 3.90. The molecule has 0 spiro atoms. The summed E-state index contributed by atoms with van der Waals surface area (Å²) in [5.41, 5.74) is 3.81. The number of aryl methyl sites for hydroxylation is 2. The highest BCUT2D eigenvalue weighted by Crippen LogP contribution is 2.29. The molecule has 106 valence electrons. The topological polar surface area (TPSA) is 61.0 Å². The molecule has 0 radical (unpaired) electrons. The molecule has 0 amide bonds. The van der Waals surface area contributed by atoms with Gasteiger partial charge in [0.15, 0.2) is 0 Å². The lowest BCUT2D eigenvalue weighted by atomic mass is 10.1. The summed E-state index contributed by atoms with van der Waals surface area (Å²) in [5.74, 6) is 1.47. The standard InChI is InChI=1S/C16H15N3O2/c1-10-4-6-12(7-5-10)14-9-8-13(16(18-14)20-3)15-17-11(2)21-19-15/h4-9H,1-3H3. The van der Waals surface area contributed by atoms with E-state index in [0.717, 1.165) is 11.3 Å². The summed E-state index contributed by atoms with van der Waals surface area (Å²) >= 11 is 0. The van der Waals surface area contributed by atoms with Gasteiger partial charge in [-0.25, -0.2) is 4.98 Å². The van der Waals surface area contributed by atoms with Crippen molar-refractivity contribution >= 4 is 0 Å². The number of nitrogens with zero attached hydrogens (tertiary/aromatic N) is 3. The maximum atomic E-state index is 5.36. The number of hydrogen-bond donors (Lipinski definition) is 0. The number of ether oxygens (including phenoxy) is 1. The number of methoxy groups -OCH3 is 1. The van der Waals surface area contributed by atoms with Gasteiger partial charge >= 0.3 is 0 Å². The van der Waals surface area contributed by atoms with Gasteiger partial charge in [0, 0.05) is 12.5 Å². The molecular weight excluding hydrogens is 266 g/mol. The van der Waals surface area contributed by atoms with E-state index in [4.69, 9.17) is 9.26 Å². The van der Waals surface area contributed by atoms with Gasteiger partial charge in [0.1, 0.15) is 0 Å². The van der Waals surface area contributed by atoms with Crippen LogP contribution in [-0.2, 0) is 0 Å². The van der Waals surface area contributed by atoms with Crippen molar-refractivity contribution in [2.45, 2.75) is 13.8 Å². The SMILES string of the molecule is COc1nc(-c2ccc(C)cc2)ccc1-c1noc(C)n1. The first kappa shape index (κ1) is 13.3. The van der Waals surface area contributed by atoms with E-state index < -0.39 is 0 Å². The van der Waals surface area contributed by atoms with Gasteiger partial charge in [0.2, 0.25) is 17.6 Å². The Balaban J connectivity index is 2.04. The second kappa shape index (κ2) is 5.36. The van der Waals surface area contributed by atoms with Crippen LogP contribution in [0.25, 0.3) is 22.6 Å². The Morgan fingerprint density at radius 1 is 0.952 bits per heavy atom. The Bertz CT molecular complexity index is 763. The van der Waals surface area contributed by atoms with E-state index in [1.54, 1.807) is 14.0 Å². The minimum Gasteiger partial charge on any atom is -0.480 e. The van der Waals surface area contributed by atoms with Crippen molar-refractivity contribution < 1.29 is 9.26 Å². The number of pyridine rings is 1. The molecule has 0 fully saturated rings. The van der Waals surface area contributed by atoms with E-state index in [-0.39, 0.29) is 0 Å². The molecule has 0 aliphatic heterocycles. The Kier molecular flexibility index (Phi) is 3.39. The largest absolute Gasteiger partial charge is 0.480 e. The fraction of sp³-hybridized carbons (Fsp3) is 0.188. The quantitative estimate of drug-likeness (QED) is 0.736. The molecule has 0 atom stereocenters. The predicted molar refractivity (Wildman–Crippen MR) is 79.0 cm³/mol. The van der Waals surface area contributed by atoms with Crippen LogP contribution < -0.4 is 4.74 Å². The lowest BCUT2D eigenvalue weighted by molar-refractivity contribution is 0.390. The average molecular weight is 281 g/mol. The van der Waals surface area contributed by atoms with E-state index >= 15 is 0 Å². The van der Waals surface area contributed by atoms with E-state index in [2.05, 4.69) is 34.2 Å². The Morgan fingerprint density at radius 2 is 1.71 bits per heavy atom. The van der Waals surface area contributed by atoms with Crippen molar-refractivity contribution in [3.8, 4) is 28.5 Å². The van der Waals surface area contributed by atoms with E-state index in [1.165, 1.54) is 5.56 Å². The highest BCUT2D eigenvalue weighted by atomic mass is 16.5. The molecule has 5 nitrogen and oxygen atoms in total. The van der Waals surface area contributed by atoms with Crippen molar-refractivity contribution in [2.24, 2.45) is 0 Å². The molecule has 0 bridgehead atoms. The highest BCUT2D eigenvalue weighted by molar-refractivity contribution is 5.67. The van der Waals surface area contributed by atoms with Gasteiger partial charge < -0.3 is 9.26 Å². The van der Waals surface area contributed by atoms with Crippen molar-refractivity contribution in [3.63, 3.8) is 0 Å². The maximum Gasteiger partial charge on any atom is 0.225 e. The molecule has 0 aliphatic rings. The normalized spacial score (nSPS) is 10.6. The highest BCUT2D eigenvalue weighted by Gasteiger charge is 2.14. The molecule has 3 aromatic rings. The van der Waals surface area contributed by atoms with Gasteiger partial charge in [-0.15, -0.1) is 0 Å². The molecule has 0 N–H and O–H groups in total. The first-order valence-corrected chi connectivity index (χ1v) is 6.60. The summed E-state index contributed by atoms with van der Waals surface area (Å²) in [4.78, 5) is 8.74. The van der Waals surface area contributed by atoms with Crippen LogP contribution in [-0.4, -0.2) is 22.2 Å². The van der Waals surface area contributed by atoms with Gasteiger partial charge in [-0.2, -0.15) is 4.98 Å². The molecule has 2 aromatic heterocycles. The second-order valence-corrected chi connectivity index (χ2v) is 4.76. The summed E-state index contributed by atoms with van der Waals surface area (Å²) < 4.78 is 10.4. The van der Waals surface area contributed by atoms with Crippen molar-refractivity contribution in [3.05, 3.63) is 47.9 Å². The van der Waals surface area contributed by atoms with Crippen molar-refractivity contribution in [1.29, 1.82) is 0 Å². The summed E-state index contributed by atoms with van der Waals surface area (Å²) in [6.07, 6.45) is 0. The van der Waals surface area contributed by atoms with Crippen molar-refractivity contribution in [2.75, 3.05) is 7.11 Å². The van der Waals surface area contributed by atoms with Gasteiger partial charge in [-0.05, 0) is 19.1 Å². The maximum absolute atomic E-state index is 5.36. The average Bonchev–Trinajstić information content (AvgIpc) is 2.94. The first-order chi connectivity index (χ1) is 10.2. The minimum absolute atomic E-state index is 0.479. The molecule has 0 saturated carbocycles. The third-order valence-corrected chi connectivity index (χ3v) is 3.17. The van der Waals surface area contributed by atoms with E-state index in [9.17, 15) is 0 Å². The van der Waals surface area contributed by atoms with Crippen LogP contribution in [0.1, 0.15) is 11.5 Å². The number of aromatic nitrogens is 3. The lowest BCUT2D eigenvalue weighted by Crippen LogP contribution is -1.95. The smallest absolute Gasteiger partial charge is 0.225 e. The van der Waals surface area contributed by atoms with Gasteiger partial charge in [0.05, 0.1) is 18.4 Å². The van der Waals surface area contributed by atoms with Gasteiger partial charge in [-0.1, -0.05) is 35.0 Å². The van der Waals surface area contributed by atoms with Crippen LogP contribution in [0.4, 0.5) is 0 Å². The minimum atomic E-state index is 0.479. The van der Waals surface area contributed by atoms with E-state index in [0.29, 0.717) is 23.2 Å². The van der Waals surface area contributed by atoms with Crippen molar-refractivity contribution in [1.82, 2.24) is 15.1 Å². The fourth-order valence-corrected chi connectivity index (χ4v) is 2.06. The lowest BCUT2D eigenvalue weighted by Gasteiger charge is -2.07. The van der Waals surface area contributed by atoms with Crippen LogP contribution in [0.3, 0.4) is 0 Å². The van der Waals surface area contributed by atoms with Crippen LogP contribution in [0.2, 0.25) is 0 Å². The first-order valence-electron chi connectivity index (χ1n) is 6.60. The molecule has 21 heavy (non-hydrogen) atoms.